The highest BCUT2D eigenvalue weighted by Crippen LogP contribution is 2.32. The Morgan fingerprint density at radius 3 is 2.53 bits per heavy atom. The Balaban J connectivity index is 2.79. The molecule has 0 atom stereocenters. The van der Waals surface area contributed by atoms with Crippen LogP contribution in [0.15, 0.2) is 24.3 Å². The topological polar surface area (TPSA) is 12.0 Å². The number of rotatable bonds is 4. The van der Waals surface area contributed by atoms with Gasteiger partial charge in [-0.2, -0.15) is 13.2 Å². The van der Waals surface area contributed by atoms with Gasteiger partial charge in [-0.15, -0.1) is 0 Å². The van der Waals surface area contributed by atoms with Crippen molar-refractivity contribution >= 4 is 6.08 Å². The second-order valence-electron chi connectivity index (χ2n) is 3.87. The van der Waals surface area contributed by atoms with Crippen molar-refractivity contribution in [2.24, 2.45) is 0 Å². The summed E-state index contributed by atoms with van der Waals surface area (Å²) in [5, 5.41) is 2.99. The van der Waals surface area contributed by atoms with E-state index >= 15 is 0 Å². The third-order valence-corrected chi connectivity index (χ3v) is 2.43. The number of alkyl halides is 3. The summed E-state index contributed by atoms with van der Waals surface area (Å²) in [6.45, 7) is 2.34. The molecular formula is C13H16F3N. The van der Waals surface area contributed by atoms with Crippen molar-refractivity contribution in [3.05, 3.63) is 41.0 Å². The van der Waals surface area contributed by atoms with Gasteiger partial charge in [-0.1, -0.05) is 24.3 Å². The molecule has 0 bridgehead atoms. The van der Waals surface area contributed by atoms with Gasteiger partial charge >= 0.3 is 6.18 Å². The van der Waals surface area contributed by atoms with Crippen LogP contribution in [0.1, 0.15) is 23.1 Å². The second-order valence-corrected chi connectivity index (χ2v) is 3.87. The number of halogens is 3. The zero-order valence-corrected chi connectivity index (χ0v) is 9.93. The first kappa shape index (κ1) is 13.8. The van der Waals surface area contributed by atoms with Crippen LogP contribution >= 0.6 is 0 Å². The van der Waals surface area contributed by atoms with Crippen molar-refractivity contribution in [1.82, 2.24) is 5.32 Å². The minimum Gasteiger partial charge on any atom is -0.319 e. The van der Waals surface area contributed by atoms with Gasteiger partial charge in [0.25, 0.3) is 0 Å². The molecule has 0 saturated heterocycles. The van der Waals surface area contributed by atoms with Crippen molar-refractivity contribution in [2.45, 2.75) is 19.5 Å². The van der Waals surface area contributed by atoms with E-state index in [4.69, 9.17) is 0 Å². The van der Waals surface area contributed by atoms with E-state index < -0.39 is 11.7 Å². The van der Waals surface area contributed by atoms with Crippen LogP contribution in [0.5, 0.6) is 0 Å². The standard InChI is InChI=1S/C13H16F3N/c1-10-9-11(5-3-4-8-17-2)6-7-12(10)13(14,15)16/h3,5-7,9,17H,4,8H2,1-2H3. The van der Waals surface area contributed by atoms with Gasteiger partial charge in [-0.25, -0.2) is 0 Å². The van der Waals surface area contributed by atoms with Gasteiger partial charge in [0.15, 0.2) is 0 Å². The van der Waals surface area contributed by atoms with E-state index in [0.717, 1.165) is 24.6 Å². The number of nitrogens with one attached hydrogen (secondary N) is 1. The van der Waals surface area contributed by atoms with Gasteiger partial charge in [0.1, 0.15) is 0 Å². The minimum atomic E-state index is -4.27. The van der Waals surface area contributed by atoms with Crippen LogP contribution in [-0.4, -0.2) is 13.6 Å². The van der Waals surface area contributed by atoms with Crippen LogP contribution in [-0.2, 0) is 6.18 Å². The minimum absolute atomic E-state index is 0.258. The van der Waals surface area contributed by atoms with Crippen molar-refractivity contribution in [1.29, 1.82) is 0 Å². The number of benzene rings is 1. The van der Waals surface area contributed by atoms with E-state index in [0.29, 0.717) is 0 Å². The zero-order valence-electron chi connectivity index (χ0n) is 9.93. The predicted molar refractivity (Wildman–Crippen MR) is 63.8 cm³/mol. The van der Waals surface area contributed by atoms with Crippen molar-refractivity contribution < 1.29 is 13.2 Å². The van der Waals surface area contributed by atoms with Crippen molar-refractivity contribution in [2.75, 3.05) is 13.6 Å². The molecule has 0 spiro atoms. The van der Waals surface area contributed by atoms with Gasteiger partial charge in [0, 0.05) is 0 Å². The van der Waals surface area contributed by atoms with Gasteiger partial charge in [-0.05, 0) is 44.1 Å². The Labute approximate surface area is 99.3 Å². The van der Waals surface area contributed by atoms with Crippen LogP contribution in [0.4, 0.5) is 13.2 Å². The van der Waals surface area contributed by atoms with E-state index in [9.17, 15) is 13.2 Å². The zero-order chi connectivity index (χ0) is 12.9. The Kier molecular flexibility index (Phi) is 4.75. The maximum atomic E-state index is 12.5. The van der Waals surface area contributed by atoms with Crippen LogP contribution in [0.25, 0.3) is 6.08 Å². The summed E-state index contributed by atoms with van der Waals surface area (Å²) in [5.74, 6) is 0. The lowest BCUT2D eigenvalue weighted by atomic mass is 10.0. The first-order chi connectivity index (χ1) is 7.95. The van der Waals surface area contributed by atoms with Crippen molar-refractivity contribution in [3.63, 3.8) is 0 Å². The normalized spacial score (nSPS) is 12.3. The highest BCUT2D eigenvalue weighted by atomic mass is 19.4. The Bertz CT molecular complexity index is 394. The first-order valence-electron chi connectivity index (χ1n) is 5.44. The molecule has 1 nitrogen and oxygen atoms in total. The van der Waals surface area contributed by atoms with Gasteiger partial charge in [-0.3, -0.25) is 0 Å². The molecule has 1 rings (SSSR count). The van der Waals surface area contributed by atoms with E-state index in [2.05, 4.69) is 5.32 Å². The Morgan fingerprint density at radius 2 is 2.00 bits per heavy atom. The molecule has 0 heterocycles. The molecule has 0 radical (unpaired) electrons. The lowest BCUT2D eigenvalue weighted by Gasteiger charge is -2.10. The highest BCUT2D eigenvalue weighted by molar-refractivity contribution is 5.52. The summed E-state index contributed by atoms with van der Waals surface area (Å²) >= 11 is 0. The summed E-state index contributed by atoms with van der Waals surface area (Å²) in [6, 6.07) is 4.18. The molecule has 4 heteroatoms. The molecule has 0 saturated carbocycles. The molecule has 94 valence electrons. The molecule has 0 fully saturated rings. The van der Waals surface area contributed by atoms with Crippen molar-refractivity contribution in [3.8, 4) is 0 Å². The first-order valence-corrected chi connectivity index (χ1v) is 5.44. The average Bonchev–Trinajstić information content (AvgIpc) is 2.23. The van der Waals surface area contributed by atoms with E-state index in [-0.39, 0.29) is 5.56 Å². The predicted octanol–water partition coefficient (Wildman–Crippen LogP) is 3.64. The summed E-state index contributed by atoms with van der Waals surface area (Å²) in [6.07, 6.45) is 0.373. The SMILES string of the molecule is CNCCC=Cc1ccc(C(F)(F)F)c(C)c1. The number of hydrogen-bond acceptors (Lipinski definition) is 1. The van der Waals surface area contributed by atoms with Crippen LogP contribution in [0.3, 0.4) is 0 Å². The molecule has 1 N–H and O–H groups in total. The summed E-state index contributed by atoms with van der Waals surface area (Å²) in [7, 11) is 1.86. The summed E-state index contributed by atoms with van der Waals surface area (Å²) in [5.41, 5.74) is 0.491. The number of hydrogen-bond donors (Lipinski definition) is 1. The lowest BCUT2D eigenvalue weighted by molar-refractivity contribution is -0.138. The number of aryl methyl sites for hydroxylation is 1. The molecule has 1 aromatic rings. The molecule has 0 aliphatic rings. The van der Waals surface area contributed by atoms with Crippen LogP contribution in [0.2, 0.25) is 0 Å². The molecule has 0 amide bonds. The van der Waals surface area contributed by atoms with E-state index in [1.54, 1.807) is 6.07 Å². The van der Waals surface area contributed by atoms with E-state index in [1.807, 2.05) is 19.2 Å². The summed E-state index contributed by atoms with van der Waals surface area (Å²) < 4.78 is 37.5. The average molecular weight is 243 g/mol. The maximum Gasteiger partial charge on any atom is 0.416 e. The fourth-order valence-electron chi connectivity index (χ4n) is 1.56. The van der Waals surface area contributed by atoms with Gasteiger partial charge in [0.2, 0.25) is 0 Å². The Hall–Kier alpha value is -1.29. The second kappa shape index (κ2) is 5.87. The molecule has 1 aromatic carbocycles. The molecule has 17 heavy (non-hydrogen) atoms. The molecule has 0 aliphatic heterocycles. The third-order valence-electron chi connectivity index (χ3n) is 2.43. The maximum absolute atomic E-state index is 12.5. The summed E-state index contributed by atoms with van der Waals surface area (Å²) in [4.78, 5) is 0. The molecule has 0 aromatic heterocycles. The smallest absolute Gasteiger partial charge is 0.319 e. The lowest BCUT2D eigenvalue weighted by Crippen LogP contribution is -2.07. The molecule has 0 aliphatic carbocycles. The fourth-order valence-corrected chi connectivity index (χ4v) is 1.56. The highest BCUT2D eigenvalue weighted by Gasteiger charge is 2.31. The molecular weight excluding hydrogens is 227 g/mol. The van der Waals surface area contributed by atoms with Gasteiger partial charge in [0.05, 0.1) is 5.56 Å². The third kappa shape index (κ3) is 4.23. The van der Waals surface area contributed by atoms with E-state index in [1.165, 1.54) is 13.0 Å². The van der Waals surface area contributed by atoms with Gasteiger partial charge < -0.3 is 5.32 Å². The quantitative estimate of drug-likeness (QED) is 0.796. The largest absolute Gasteiger partial charge is 0.416 e. The van der Waals surface area contributed by atoms with Crippen LogP contribution in [0, 0.1) is 6.92 Å². The molecule has 0 unspecified atom stereocenters. The Morgan fingerprint density at radius 1 is 1.29 bits per heavy atom. The monoisotopic (exact) mass is 243 g/mol. The van der Waals surface area contributed by atoms with Crippen LogP contribution < -0.4 is 5.32 Å². The fraction of sp³-hybridized carbons (Fsp3) is 0.385.